The van der Waals surface area contributed by atoms with E-state index < -0.39 is 0 Å². The number of esters is 1. The van der Waals surface area contributed by atoms with Gasteiger partial charge in [-0.25, -0.2) is 0 Å². The average Bonchev–Trinajstić information content (AvgIpc) is 2.97. The van der Waals surface area contributed by atoms with E-state index in [-0.39, 0.29) is 11.9 Å². The Kier molecular flexibility index (Phi) is 3.05. The predicted octanol–water partition coefficient (Wildman–Crippen LogP) is 2.43. The van der Waals surface area contributed by atoms with Crippen LogP contribution in [0.5, 0.6) is 0 Å². The van der Waals surface area contributed by atoms with E-state index in [1.807, 2.05) is 30.3 Å². The summed E-state index contributed by atoms with van der Waals surface area (Å²) in [5.74, 6) is 0.702. The molecule has 15 heavy (non-hydrogen) atoms. The van der Waals surface area contributed by atoms with Gasteiger partial charge < -0.3 is 4.74 Å². The quantitative estimate of drug-likeness (QED) is 0.704. The Balaban J connectivity index is 1.69. The third-order valence-electron chi connectivity index (χ3n) is 2.89. The number of hydrogen-bond donors (Lipinski definition) is 0. The van der Waals surface area contributed by atoms with Crippen LogP contribution in [0.15, 0.2) is 30.3 Å². The Morgan fingerprint density at radius 2 is 2.07 bits per heavy atom. The van der Waals surface area contributed by atoms with Crippen LogP contribution in [-0.2, 0) is 16.0 Å². The van der Waals surface area contributed by atoms with Crippen molar-refractivity contribution in [3.8, 4) is 0 Å². The van der Waals surface area contributed by atoms with Crippen LogP contribution < -0.4 is 0 Å². The van der Waals surface area contributed by atoms with Gasteiger partial charge in [-0.3, -0.25) is 4.79 Å². The van der Waals surface area contributed by atoms with Crippen LogP contribution in [-0.4, -0.2) is 12.6 Å². The number of rotatable bonds is 4. The summed E-state index contributed by atoms with van der Waals surface area (Å²) in [5, 5.41) is 0. The summed E-state index contributed by atoms with van der Waals surface area (Å²) in [6.45, 7) is 2.59. The summed E-state index contributed by atoms with van der Waals surface area (Å²) in [7, 11) is 0. The molecule has 0 aliphatic heterocycles. The van der Waals surface area contributed by atoms with Gasteiger partial charge in [0, 0.05) is 6.42 Å². The van der Waals surface area contributed by atoms with Crippen molar-refractivity contribution in [1.82, 2.24) is 0 Å². The second kappa shape index (κ2) is 4.47. The van der Waals surface area contributed by atoms with E-state index in [1.54, 1.807) is 0 Å². The topological polar surface area (TPSA) is 26.3 Å². The first-order chi connectivity index (χ1) is 7.27. The molecule has 1 fully saturated rings. The molecule has 2 rings (SSSR count). The van der Waals surface area contributed by atoms with Crippen molar-refractivity contribution in [1.29, 1.82) is 0 Å². The van der Waals surface area contributed by atoms with Gasteiger partial charge in [0.25, 0.3) is 0 Å². The first kappa shape index (κ1) is 10.2. The van der Waals surface area contributed by atoms with Crippen LogP contribution in [0.4, 0.5) is 0 Å². The molecule has 0 N–H and O–H groups in total. The van der Waals surface area contributed by atoms with E-state index in [0.29, 0.717) is 12.5 Å². The summed E-state index contributed by atoms with van der Waals surface area (Å²) in [6.07, 6.45) is 1.82. The molecule has 0 aromatic heterocycles. The van der Waals surface area contributed by atoms with Crippen LogP contribution >= 0.6 is 0 Å². The van der Waals surface area contributed by atoms with Gasteiger partial charge in [0.05, 0.1) is 12.5 Å². The lowest BCUT2D eigenvalue weighted by Crippen LogP contribution is -2.10. The Bertz CT molecular complexity index is 332. The molecular formula is C13H16O2. The van der Waals surface area contributed by atoms with E-state index >= 15 is 0 Å². The number of carbonyl (C=O) groups excluding carboxylic acids is 1. The third-order valence-corrected chi connectivity index (χ3v) is 2.89. The van der Waals surface area contributed by atoms with Crippen molar-refractivity contribution < 1.29 is 9.53 Å². The van der Waals surface area contributed by atoms with Crippen molar-refractivity contribution in [2.24, 2.45) is 11.8 Å². The van der Waals surface area contributed by atoms with Crippen LogP contribution in [0.3, 0.4) is 0 Å². The molecular weight excluding hydrogens is 188 g/mol. The molecule has 0 amide bonds. The minimum absolute atomic E-state index is 0.0153. The molecule has 80 valence electrons. The zero-order valence-corrected chi connectivity index (χ0v) is 8.98. The van der Waals surface area contributed by atoms with Crippen molar-refractivity contribution >= 4 is 5.97 Å². The maximum absolute atomic E-state index is 11.4. The molecule has 0 heterocycles. The lowest BCUT2D eigenvalue weighted by Gasteiger charge is -2.03. The molecule has 0 bridgehead atoms. The fraction of sp³-hybridized carbons (Fsp3) is 0.462. The van der Waals surface area contributed by atoms with E-state index in [0.717, 1.165) is 12.8 Å². The van der Waals surface area contributed by atoms with Crippen LogP contribution in [0.25, 0.3) is 0 Å². The van der Waals surface area contributed by atoms with Crippen molar-refractivity contribution in [2.75, 3.05) is 6.61 Å². The predicted molar refractivity (Wildman–Crippen MR) is 58.4 cm³/mol. The first-order valence-electron chi connectivity index (χ1n) is 5.48. The number of benzene rings is 1. The second-order valence-corrected chi connectivity index (χ2v) is 4.22. The molecule has 0 saturated heterocycles. The molecule has 1 aromatic carbocycles. The van der Waals surface area contributed by atoms with E-state index in [2.05, 4.69) is 6.92 Å². The Hall–Kier alpha value is -1.31. The van der Waals surface area contributed by atoms with Gasteiger partial charge in [-0.05, 0) is 17.9 Å². The minimum Gasteiger partial charge on any atom is -0.465 e. The SMILES string of the molecule is CC1CC1C(=O)OCCc1ccccc1. The number of carbonyl (C=O) groups is 1. The summed E-state index contributed by atoms with van der Waals surface area (Å²) in [5.41, 5.74) is 1.22. The Labute approximate surface area is 90.3 Å². The van der Waals surface area contributed by atoms with Gasteiger partial charge >= 0.3 is 5.97 Å². The Morgan fingerprint density at radius 1 is 1.40 bits per heavy atom. The highest BCUT2D eigenvalue weighted by Crippen LogP contribution is 2.38. The van der Waals surface area contributed by atoms with Crippen molar-refractivity contribution in [3.63, 3.8) is 0 Å². The maximum atomic E-state index is 11.4. The summed E-state index contributed by atoms with van der Waals surface area (Å²) >= 11 is 0. The fourth-order valence-corrected chi connectivity index (χ4v) is 1.67. The number of hydrogen-bond acceptors (Lipinski definition) is 2. The molecule has 2 nitrogen and oxygen atoms in total. The number of ether oxygens (including phenoxy) is 1. The molecule has 0 spiro atoms. The molecule has 2 unspecified atom stereocenters. The highest BCUT2D eigenvalue weighted by atomic mass is 16.5. The smallest absolute Gasteiger partial charge is 0.309 e. The van der Waals surface area contributed by atoms with Crippen LogP contribution in [0.1, 0.15) is 18.9 Å². The first-order valence-corrected chi connectivity index (χ1v) is 5.48. The molecule has 1 aliphatic carbocycles. The maximum Gasteiger partial charge on any atom is 0.309 e. The molecule has 2 heteroatoms. The highest BCUT2D eigenvalue weighted by molar-refractivity contribution is 5.75. The third kappa shape index (κ3) is 2.82. The van der Waals surface area contributed by atoms with Gasteiger partial charge in [0.15, 0.2) is 0 Å². The van der Waals surface area contributed by atoms with Crippen molar-refractivity contribution in [3.05, 3.63) is 35.9 Å². The summed E-state index contributed by atoms with van der Waals surface area (Å²) in [6, 6.07) is 10.1. The molecule has 1 aromatic rings. The van der Waals surface area contributed by atoms with Gasteiger partial charge in [-0.15, -0.1) is 0 Å². The monoisotopic (exact) mass is 204 g/mol. The highest BCUT2D eigenvalue weighted by Gasteiger charge is 2.40. The zero-order chi connectivity index (χ0) is 10.7. The van der Waals surface area contributed by atoms with Gasteiger partial charge in [-0.1, -0.05) is 37.3 Å². The lowest BCUT2D eigenvalue weighted by molar-refractivity contribution is -0.145. The second-order valence-electron chi connectivity index (χ2n) is 4.22. The lowest BCUT2D eigenvalue weighted by atomic mass is 10.2. The van der Waals surface area contributed by atoms with E-state index in [9.17, 15) is 4.79 Å². The van der Waals surface area contributed by atoms with Crippen molar-refractivity contribution in [2.45, 2.75) is 19.8 Å². The normalized spacial score (nSPS) is 23.5. The zero-order valence-electron chi connectivity index (χ0n) is 8.98. The molecule has 1 aliphatic rings. The molecule has 1 saturated carbocycles. The fourth-order valence-electron chi connectivity index (χ4n) is 1.67. The molecule has 2 atom stereocenters. The van der Waals surface area contributed by atoms with Crippen LogP contribution in [0, 0.1) is 11.8 Å². The van der Waals surface area contributed by atoms with E-state index in [4.69, 9.17) is 4.74 Å². The largest absolute Gasteiger partial charge is 0.465 e. The minimum atomic E-state index is -0.0153. The molecule has 0 radical (unpaired) electrons. The van der Waals surface area contributed by atoms with Gasteiger partial charge in [0.1, 0.15) is 0 Å². The van der Waals surface area contributed by atoms with Gasteiger partial charge in [0.2, 0.25) is 0 Å². The summed E-state index contributed by atoms with van der Waals surface area (Å²) < 4.78 is 5.20. The van der Waals surface area contributed by atoms with Gasteiger partial charge in [-0.2, -0.15) is 0 Å². The summed E-state index contributed by atoms with van der Waals surface area (Å²) in [4.78, 5) is 11.4. The standard InChI is InChI=1S/C13H16O2/c1-10-9-12(10)13(14)15-8-7-11-5-3-2-4-6-11/h2-6,10,12H,7-9H2,1H3. The van der Waals surface area contributed by atoms with Crippen LogP contribution in [0.2, 0.25) is 0 Å². The Morgan fingerprint density at radius 3 is 2.67 bits per heavy atom. The average molecular weight is 204 g/mol. The van der Waals surface area contributed by atoms with E-state index in [1.165, 1.54) is 5.56 Å².